The third kappa shape index (κ3) is 3.72. The zero-order valence-electron chi connectivity index (χ0n) is 19.1. The van der Waals surface area contributed by atoms with Crippen molar-refractivity contribution in [3.8, 4) is 17.2 Å². The van der Waals surface area contributed by atoms with E-state index < -0.39 is 11.6 Å². The molecule has 11 heteroatoms. The molecule has 0 radical (unpaired) electrons. The predicted molar refractivity (Wildman–Crippen MR) is 138 cm³/mol. The van der Waals surface area contributed by atoms with Crippen molar-refractivity contribution in [1.29, 1.82) is 5.26 Å². The third-order valence-corrected chi connectivity index (χ3v) is 7.52. The number of carbonyl (C=O) groups excluding carboxylic acids is 1. The largest absolute Gasteiger partial charge is 0.375 e. The first kappa shape index (κ1) is 23.9. The van der Waals surface area contributed by atoms with E-state index in [0.717, 1.165) is 11.3 Å². The quantitative estimate of drug-likeness (QED) is 0.373. The van der Waals surface area contributed by atoms with Crippen molar-refractivity contribution in [1.82, 2.24) is 14.9 Å². The van der Waals surface area contributed by atoms with Crippen LogP contribution in [0, 0.1) is 23.0 Å². The molecule has 36 heavy (non-hydrogen) atoms. The molecule has 0 spiro atoms. The Balaban J connectivity index is 1.69. The number of amides is 1. The number of nitrogens with zero attached hydrogens (tertiary/aromatic N) is 5. The van der Waals surface area contributed by atoms with Gasteiger partial charge >= 0.3 is 0 Å². The Labute approximate surface area is 214 Å². The average Bonchev–Trinajstić information content (AvgIpc) is 3.26. The van der Waals surface area contributed by atoms with E-state index in [2.05, 4.69) is 22.6 Å². The fourth-order valence-electron chi connectivity index (χ4n) is 4.72. The average molecular weight is 525 g/mol. The van der Waals surface area contributed by atoms with Crippen molar-refractivity contribution in [3.63, 3.8) is 0 Å². The number of nitrogens with two attached hydrogens (primary N) is 1. The summed E-state index contributed by atoms with van der Waals surface area (Å²) in [5.41, 5.74) is 7.09. The van der Waals surface area contributed by atoms with E-state index in [9.17, 15) is 14.4 Å². The van der Waals surface area contributed by atoms with Gasteiger partial charge < -0.3 is 15.5 Å². The molecule has 1 fully saturated rings. The van der Waals surface area contributed by atoms with E-state index in [1.54, 1.807) is 11.0 Å². The van der Waals surface area contributed by atoms with Crippen LogP contribution in [0.4, 0.5) is 19.6 Å². The first-order chi connectivity index (χ1) is 17.2. The summed E-state index contributed by atoms with van der Waals surface area (Å²) < 4.78 is 30.6. The number of nitriles is 1. The number of anilines is 2. The zero-order chi connectivity index (χ0) is 25.7. The van der Waals surface area contributed by atoms with Gasteiger partial charge in [-0.2, -0.15) is 5.26 Å². The SMILES string of the molecule is C=CC(=O)N1CCN(c2c(C#N)cnc3c(F)c(-c4ccc(F)c5sc(N)nc45)c(Cl)cc23)C[C@H]1C. The lowest BCUT2D eigenvalue weighted by Crippen LogP contribution is -2.53. The van der Waals surface area contributed by atoms with Gasteiger partial charge in [0.1, 0.15) is 17.4 Å². The van der Waals surface area contributed by atoms with Gasteiger partial charge in [0.05, 0.1) is 26.5 Å². The molecular formula is C25H19ClF2N6OS. The highest BCUT2D eigenvalue weighted by molar-refractivity contribution is 7.22. The fraction of sp³-hybridized carbons (Fsp3) is 0.200. The molecule has 7 nitrogen and oxygen atoms in total. The molecule has 182 valence electrons. The highest BCUT2D eigenvalue weighted by Gasteiger charge is 2.30. The van der Waals surface area contributed by atoms with E-state index in [4.69, 9.17) is 17.3 Å². The molecule has 2 aromatic heterocycles. The number of nitrogen functional groups attached to an aromatic ring is 1. The van der Waals surface area contributed by atoms with Crippen LogP contribution in [0.15, 0.2) is 37.1 Å². The Kier molecular flexibility index (Phi) is 5.98. The second kappa shape index (κ2) is 9.00. The maximum atomic E-state index is 16.1. The summed E-state index contributed by atoms with van der Waals surface area (Å²) in [6, 6.07) is 6.16. The van der Waals surface area contributed by atoms with Crippen LogP contribution in [-0.2, 0) is 4.79 Å². The molecule has 2 aromatic carbocycles. The maximum absolute atomic E-state index is 16.1. The molecule has 3 heterocycles. The summed E-state index contributed by atoms with van der Waals surface area (Å²) in [5.74, 6) is -1.40. The first-order valence-corrected chi connectivity index (χ1v) is 12.2. The minimum Gasteiger partial charge on any atom is -0.375 e. The number of carbonyl (C=O) groups is 1. The minimum absolute atomic E-state index is 0.0151. The molecule has 0 bridgehead atoms. The normalized spacial score (nSPS) is 15.9. The number of rotatable bonds is 3. The number of halogens is 3. The number of piperazine rings is 1. The lowest BCUT2D eigenvalue weighted by atomic mass is 9.99. The van der Waals surface area contributed by atoms with Crippen molar-refractivity contribution >= 4 is 60.8 Å². The number of pyridine rings is 1. The smallest absolute Gasteiger partial charge is 0.246 e. The van der Waals surface area contributed by atoms with Crippen molar-refractivity contribution in [2.45, 2.75) is 13.0 Å². The van der Waals surface area contributed by atoms with Crippen LogP contribution >= 0.6 is 22.9 Å². The highest BCUT2D eigenvalue weighted by atomic mass is 35.5. The van der Waals surface area contributed by atoms with E-state index in [-0.39, 0.29) is 49.0 Å². The molecule has 2 N–H and O–H groups in total. The molecule has 1 atom stereocenters. The van der Waals surface area contributed by atoms with Crippen LogP contribution in [-0.4, -0.2) is 46.5 Å². The Bertz CT molecular complexity index is 1610. The predicted octanol–water partition coefficient (Wildman–Crippen LogP) is 5.12. The topological polar surface area (TPSA) is 99.1 Å². The molecule has 1 aliphatic rings. The lowest BCUT2D eigenvalue weighted by molar-refractivity contribution is -0.128. The number of aromatic nitrogens is 2. The van der Waals surface area contributed by atoms with Gasteiger partial charge in [-0.15, -0.1) is 0 Å². The fourth-order valence-corrected chi connectivity index (χ4v) is 5.78. The molecule has 0 saturated carbocycles. The summed E-state index contributed by atoms with van der Waals surface area (Å²) in [6.07, 6.45) is 2.60. The highest BCUT2D eigenvalue weighted by Crippen LogP contribution is 2.43. The second-order valence-electron chi connectivity index (χ2n) is 8.43. The van der Waals surface area contributed by atoms with Gasteiger partial charge in [-0.25, -0.2) is 13.8 Å². The second-order valence-corrected chi connectivity index (χ2v) is 9.87. The van der Waals surface area contributed by atoms with Gasteiger partial charge in [0.25, 0.3) is 0 Å². The summed E-state index contributed by atoms with van der Waals surface area (Å²) in [7, 11) is 0. The molecule has 0 unspecified atom stereocenters. The molecule has 0 aliphatic carbocycles. The standard InChI is InChI=1S/C25H19ClF2N6OS/c1-3-18(35)34-7-6-33(11-12(34)2)23-13(9-29)10-31-21-15(23)8-16(26)19(20(21)28)14-4-5-17(27)24-22(14)32-25(30)36-24/h3-5,8,10,12H,1,6-7,11H2,2H3,(H2,30,32)/t12-/m1/s1. The van der Waals surface area contributed by atoms with Crippen LogP contribution in [0.2, 0.25) is 5.02 Å². The third-order valence-electron chi connectivity index (χ3n) is 6.33. The molecule has 1 amide bonds. The number of hydrogen-bond donors (Lipinski definition) is 1. The Morgan fingerprint density at radius 2 is 2.14 bits per heavy atom. The van der Waals surface area contributed by atoms with Crippen LogP contribution in [0.3, 0.4) is 0 Å². The summed E-state index contributed by atoms with van der Waals surface area (Å²) in [4.78, 5) is 24.2. The van der Waals surface area contributed by atoms with Gasteiger partial charge in [-0.3, -0.25) is 9.78 Å². The van der Waals surface area contributed by atoms with Crippen molar-refractivity contribution in [2.75, 3.05) is 30.3 Å². The Morgan fingerprint density at radius 3 is 2.83 bits per heavy atom. The zero-order valence-corrected chi connectivity index (χ0v) is 20.6. The van der Waals surface area contributed by atoms with Crippen molar-refractivity contribution < 1.29 is 13.6 Å². The molecule has 1 aliphatic heterocycles. The first-order valence-electron chi connectivity index (χ1n) is 11.0. The van der Waals surface area contributed by atoms with Crippen molar-refractivity contribution in [2.24, 2.45) is 0 Å². The Morgan fingerprint density at radius 1 is 1.36 bits per heavy atom. The van der Waals surface area contributed by atoms with E-state index in [1.165, 1.54) is 24.4 Å². The Hall–Kier alpha value is -3.81. The molecule has 1 saturated heterocycles. The van der Waals surface area contributed by atoms with Crippen LogP contribution in [0.25, 0.3) is 32.2 Å². The van der Waals surface area contributed by atoms with Gasteiger partial charge in [0.15, 0.2) is 10.9 Å². The van der Waals surface area contributed by atoms with Crippen LogP contribution < -0.4 is 10.6 Å². The summed E-state index contributed by atoms with van der Waals surface area (Å²) >= 11 is 7.59. The summed E-state index contributed by atoms with van der Waals surface area (Å²) in [6.45, 7) is 6.70. The van der Waals surface area contributed by atoms with E-state index >= 15 is 4.39 Å². The van der Waals surface area contributed by atoms with Gasteiger partial charge in [0, 0.05) is 48.4 Å². The molecular weight excluding hydrogens is 506 g/mol. The van der Waals surface area contributed by atoms with Crippen LogP contribution in [0.5, 0.6) is 0 Å². The van der Waals surface area contributed by atoms with Gasteiger partial charge in [-0.05, 0) is 31.2 Å². The lowest BCUT2D eigenvalue weighted by Gasteiger charge is -2.41. The van der Waals surface area contributed by atoms with Crippen LogP contribution in [0.1, 0.15) is 12.5 Å². The molecule has 4 aromatic rings. The van der Waals surface area contributed by atoms with E-state index in [1.807, 2.05) is 11.8 Å². The maximum Gasteiger partial charge on any atom is 0.246 e. The molecule has 5 rings (SSSR count). The van der Waals surface area contributed by atoms with Gasteiger partial charge in [0.2, 0.25) is 5.91 Å². The summed E-state index contributed by atoms with van der Waals surface area (Å²) in [5, 5.41) is 10.4. The van der Waals surface area contributed by atoms with Crippen molar-refractivity contribution in [3.05, 3.63) is 59.3 Å². The number of hydrogen-bond acceptors (Lipinski definition) is 7. The number of fused-ring (bicyclic) bond motifs is 2. The van der Waals surface area contributed by atoms with E-state index in [0.29, 0.717) is 36.3 Å². The van der Waals surface area contributed by atoms with Gasteiger partial charge in [-0.1, -0.05) is 29.5 Å². The number of benzene rings is 2. The number of thiazole rings is 1. The monoisotopic (exact) mass is 524 g/mol. The minimum atomic E-state index is -0.712.